The minimum atomic E-state index is 0.0256. The molecule has 16 heavy (non-hydrogen) atoms. The third kappa shape index (κ3) is 1.22. The van der Waals surface area contributed by atoms with Gasteiger partial charge in [-0.05, 0) is 18.2 Å². The van der Waals surface area contributed by atoms with Gasteiger partial charge in [-0.25, -0.2) is 0 Å². The Morgan fingerprint density at radius 2 is 1.81 bits per heavy atom. The molecular formula is C12H8ClNO2. The average Bonchev–Trinajstić information content (AvgIpc) is 2.55. The molecule has 0 aliphatic heterocycles. The number of fused-ring (bicyclic) bond motifs is 3. The number of rotatable bonds is 0. The van der Waals surface area contributed by atoms with Gasteiger partial charge in [0.25, 0.3) is 0 Å². The molecule has 2 aromatic carbocycles. The molecule has 0 aliphatic carbocycles. The van der Waals surface area contributed by atoms with Crippen molar-refractivity contribution in [1.82, 2.24) is 0 Å². The van der Waals surface area contributed by atoms with E-state index in [0.717, 1.165) is 10.8 Å². The van der Waals surface area contributed by atoms with E-state index in [2.05, 4.69) is 0 Å². The van der Waals surface area contributed by atoms with Crippen LogP contribution in [0.15, 0.2) is 34.7 Å². The normalized spacial score (nSPS) is 11.3. The molecule has 3 N–H and O–H groups in total. The van der Waals surface area contributed by atoms with Crippen LogP contribution in [0.1, 0.15) is 0 Å². The molecule has 0 radical (unpaired) electrons. The highest BCUT2D eigenvalue weighted by Crippen LogP contribution is 2.35. The summed E-state index contributed by atoms with van der Waals surface area (Å²) in [4.78, 5) is 0. The molecule has 3 aromatic rings. The van der Waals surface area contributed by atoms with Crippen LogP contribution in [0.25, 0.3) is 21.9 Å². The monoisotopic (exact) mass is 233 g/mol. The lowest BCUT2D eigenvalue weighted by Gasteiger charge is -1.96. The smallest absolute Gasteiger partial charge is 0.142 e. The second-order valence-electron chi connectivity index (χ2n) is 3.65. The third-order valence-electron chi connectivity index (χ3n) is 2.58. The number of phenolic OH excluding ortho intramolecular Hbond substituents is 1. The van der Waals surface area contributed by atoms with Gasteiger partial charge >= 0.3 is 0 Å². The summed E-state index contributed by atoms with van der Waals surface area (Å²) >= 11 is 5.87. The fraction of sp³-hybridized carbons (Fsp3) is 0. The summed E-state index contributed by atoms with van der Waals surface area (Å²) in [6.45, 7) is 0. The Morgan fingerprint density at radius 3 is 2.62 bits per heavy atom. The molecule has 80 valence electrons. The highest BCUT2D eigenvalue weighted by atomic mass is 35.5. The Labute approximate surface area is 96.0 Å². The van der Waals surface area contributed by atoms with Crippen molar-refractivity contribution in [3.8, 4) is 5.75 Å². The van der Waals surface area contributed by atoms with E-state index in [-0.39, 0.29) is 5.75 Å². The predicted molar refractivity (Wildman–Crippen MR) is 64.8 cm³/mol. The van der Waals surface area contributed by atoms with Crippen LogP contribution in [-0.2, 0) is 0 Å². The molecule has 1 aromatic heterocycles. The second kappa shape index (κ2) is 3.06. The van der Waals surface area contributed by atoms with Crippen molar-refractivity contribution in [3.63, 3.8) is 0 Å². The average molecular weight is 234 g/mol. The third-order valence-corrected chi connectivity index (χ3v) is 2.82. The first-order valence-electron chi connectivity index (χ1n) is 4.75. The van der Waals surface area contributed by atoms with Gasteiger partial charge in [0.1, 0.15) is 16.9 Å². The lowest BCUT2D eigenvalue weighted by Crippen LogP contribution is -1.84. The predicted octanol–water partition coefficient (Wildman–Crippen LogP) is 3.53. The minimum absolute atomic E-state index is 0.0256. The Kier molecular flexibility index (Phi) is 1.79. The number of aromatic hydroxyl groups is 1. The zero-order valence-electron chi connectivity index (χ0n) is 8.20. The van der Waals surface area contributed by atoms with Crippen LogP contribution in [0.5, 0.6) is 5.75 Å². The number of benzene rings is 2. The van der Waals surface area contributed by atoms with E-state index in [1.165, 1.54) is 6.07 Å². The number of nitrogen functional groups attached to an aromatic ring is 1. The summed E-state index contributed by atoms with van der Waals surface area (Å²) in [5.41, 5.74) is 7.27. The van der Waals surface area contributed by atoms with Crippen LogP contribution < -0.4 is 5.73 Å². The lowest BCUT2D eigenvalue weighted by molar-refractivity contribution is 0.477. The second-order valence-corrected chi connectivity index (χ2v) is 4.09. The molecule has 1 heterocycles. The first-order valence-corrected chi connectivity index (χ1v) is 5.13. The lowest BCUT2D eigenvalue weighted by atomic mass is 10.1. The molecule has 0 amide bonds. The summed E-state index contributed by atoms with van der Waals surface area (Å²) in [5.74, 6) is 0.0256. The number of phenols is 1. The number of hydrogen-bond donors (Lipinski definition) is 2. The summed E-state index contributed by atoms with van der Waals surface area (Å²) in [6.07, 6.45) is 0. The number of hydrogen-bond acceptors (Lipinski definition) is 3. The Balaban J connectivity index is 2.51. The van der Waals surface area contributed by atoms with Crippen molar-refractivity contribution in [2.24, 2.45) is 0 Å². The molecule has 0 saturated heterocycles. The largest absolute Gasteiger partial charge is 0.506 e. The standard InChI is InChI=1S/C12H8ClNO2/c13-6-1-2-7-8-4-9(14)10(15)5-12(8)16-11(7)3-6/h1-5,15H,14H2. The zero-order valence-corrected chi connectivity index (χ0v) is 8.95. The van der Waals surface area contributed by atoms with Crippen LogP contribution in [0.2, 0.25) is 5.02 Å². The summed E-state index contributed by atoms with van der Waals surface area (Å²) in [6, 6.07) is 8.62. The van der Waals surface area contributed by atoms with Crippen molar-refractivity contribution in [1.29, 1.82) is 0 Å². The topological polar surface area (TPSA) is 59.4 Å². The Morgan fingerprint density at radius 1 is 1.06 bits per heavy atom. The SMILES string of the molecule is Nc1cc2c(cc1O)oc1cc(Cl)ccc12. The molecule has 0 bridgehead atoms. The highest BCUT2D eigenvalue weighted by Gasteiger charge is 2.09. The molecule has 0 aliphatic rings. The highest BCUT2D eigenvalue weighted by molar-refractivity contribution is 6.31. The molecule has 0 unspecified atom stereocenters. The van der Waals surface area contributed by atoms with Crippen LogP contribution in [0, 0.1) is 0 Å². The number of halogens is 1. The van der Waals surface area contributed by atoms with Gasteiger partial charge in [0.05, 0.1) is 5.69 Å². The fourth-order valence-corrected chi connectivity index (χ4v) is 1.96. The summed E-state index contributed by atoms with van der Waals surface area (Å²) < 4.78 is 5.57. The number of furan rings is 1. The molecule has 0 fully saturated rings. The van der Waals surface area contributed by atoms with E-state index >= 15 is 0 Å². The first-order chi connectivity index (χ1) is 7.65. The molecule has 3 rings (SSSR count). The van der Waals surface area contributed by atoms with Crippen LogP contribution in [0.4, 0.5) is 5.69 Å². The van der Waals surface area contributed by atoms with Gasteiger partial charge < -0.3 is 15.3 Å². The molecule has 3 nitrogen and oxygen atoms in total. The van der Waals surface area contributed by atoms with E-state index in [0.29, 0.717) is 21.9 Å². The van der Waals surface area contributed by atoms with Crippen LogP contribution in [0.3, 0.4) is 0 Å². The number of nitrogens with two attached hydrogens (primary N) is 1. The summed E-state index contributed by atoms with van der Waals surface area (Å²) in [5, 5.41) is 11.9. The van der Waals surface area contributed by atoms with E-state index in [4.69, 9.17) is 21.8 Å². The van der Waals surface area contributed by atoms with Crippen molar-refractivity contribution in [2.45, 2.75) is 0 Å². The first kappa shape index (κ1) is 9.36. The van der Waals surface area contributed by atoms with E-state index in [1.807, 2.05) is 6.07 Å². The maximum Gasteiger partial charge on any atom is 0.142 e. The van der Waals surface area contributed by atoms with Crippen molar-refractivity contribution < 1.29 is 9.52 Å². The zero-order chi connectivity index (χ0) is 11.3. The fourth-order valence-electron chi connectivity index (χ4n) is 1.80. The van der Waals surface area contributed by atoms with Gasteiger partial charge in [-0.15, -0.1) is 0 Å². The molecular weight excluding hydrogens is 226 g/mol. The van der Waals surface area contributed by atoms with Gasteiger partial charge in [-0.1, -0.05) is 11.6 Å². The van der Waals surface area contributed by atoms with Crippen LogP contribution >= 0.6 is 11.6 Å². The van der Waals surface area contributed by atoms with Crippen LogP contribution in [-0.4, -0.2) is 5.11 Å². The molecule has 0 saturated carbocycles. The van der Waals surface area contributed by atoms with Gasteiger partial charge in [0.15, 0.2) is 0 Å². The quantitative estimate of drug-likeness (QED) is 0.461. The molecule has 0 spiro atoms. The summed E-state index contributed by atoms with van der Waals surface area (Å²) in [7, 11) is 0. The van der Waals surface area contributed by atoms with E-state index in [9.17, 15) is 5.11 Å². The maximum atomic E-state index is 9.49. The van der Waals surface area contributed by atoms with Gasteiger partial charge in [0, 0.05) is 27.9 Å². The van der Waals surface area contributed by atoms with E-state index < -0.39 is 0 Å². The Hall–Kier alpha value is -1.87. The van der Waals surface area contributed by atoms with Crippen molar-refractivity contribution in [3.05, 3.63) is 35.4 Å². The minimum Gasteiger partial charge on any atom is -0.506 e. The Bertz CT molecular complexity index is 703. The maximum absolute atomic E-state index is 9.49. The van der Waals surface area contributed by atoms with Gasteiger partial charge in [-0.3, -0.25) is 0 Å². The van der Waals surface area contributed by atoms with Gasteiger partial charge in [0.2, 0.25) is 0 Å². The van der Waals surface area contributed by atoms with E-state index in [1.54, 1.807) is 18.2 Å². The molecule has 4 heteroatoms. The van der Waals surface area contributed by atoms with Crippen molar-refractivity contribution >= 4 is 39.2 Å². The van der Waals surface area contributed by atoms with Gasteiger partial charge in [-0.2, -0.15) is 0 Å². The van der Waals surface area contributed by atoms with Crippen molar-refractivity contribution in [2.75, 3.05) is 5.73 Å². The molecule has 0 atom stereocenters. The number of anilines is 1.